The average Bonchev–Trinajstić information content (AvgIpc) is 2.56. The van der Waals surface area contributed by atoms with Crippen molar-refractivity contribution in [2.45, 2.75) is 6.42 Å². The first-order valence-corrected chi connectivity index (χ1v) is 7.72. The van der Waals surface area contributed by atoms with Crippen molar-refractivity contribution >= 4 is 11.4 Å². The summed E-state index contributed by atoms with van der Waals surface area (Å²) in [4.78, 5) is 0. The molecular weight excluding hydrogens is 292 g/mol. The molecule has 0 fully saturated rings. The quantitative estimate of drug-likeness (QED) is 0.520. The van der Waals surface area contributed by atoms with Crippen molar-refractivity contribution in [3.63, 3.8) is 0 Å². The van der Waals surface area contributed by atoms with Crippen LogP contribution in [0.4, 0.5) is 11.4 Å². The molecule has 0 atom stereocenters. The molecule has 0 aliphatic heterocycles. The minimum Gasteiger partial charge on any atom is -0.491 e. The van der Waals surface area contributed by atoms with E-state index in [-0.39, 0.29) is 0 Å². The molecule has 0 radical (unpaired) electrons. The fourth-order valence-corrected chi connectivity index (χ4v) is 1.98. The maximum absolute atomic E-state index is 5.64. The molecule has 4 N–H and O–H groups in total. The van der Waals surface area contributed by atoms with E-state index in [0.29, 0.717) is 33.0 Å². The van der Waals surface area contributed by atoms with Gasteiger partial charge in [-0.05, 0) is 48.4 Å². The van der Waals surface area contributed by atoms with E-state index in [2.05, 4.69) is 0 Å². The summed E-state index contributed by atoms with van der Waals surface area (Å²) in [5.41, 5.74) is 14.0. The van der Waals surface area contributed by atoms with E-state index in [1.54, 1.807) is 0 Å². The molecule has 0 heterocycles. The molecule has 5 nitrogen and oxygen atoms in total. The molecule has 0 aliphatic carbocycles. The van der Waals surface area contributed by atoms with Crippen LogP contribution in [0.5, 0.6) is 5.75 Å². The zero-order valence-electron chi connectivity index (χ0n) is 13.2. The number of benzene rings is 2. The maximum Gasteiger partial charge on any atom is 0.119 e. The molecule has 0 saturated carbocycles. The molecule has 23 heavy (non-hydrogen) atoms. The van der Waals surface area contributed by atoms with E-state index in [1.807, 2.05) is 48.5 Å². The molecule has 2 aromatic rings. The monoisotopic (exact) mass is 316 g/mol. The lowest BCUT2D eigenvalue weighted by molar-refractivity contribution is 0.0373. The molecule has 0 amide bonds. The number of nitrogen functional groups attached to an aromatic ring is 2. The first-order chi connectivity index (χ1) is 11.2. The van der Waals surface area contributed by atoms with Crippen LogP contribution in [0.2, 0.25) is 0 Å². The topological polar surface area (TPSA) is 79.7 Å². The zero-order valence-corrected chi connectivity index (χ0v) is 13.2. The van der Waals surface area contributed by atoms with Gasteiger partial charge in [-0.25, -0.2) is 0 Å². The normalized spacial score (nSPS) is 10.6. The van der Waals surface area contributed by atoms with Gasteiger partial charge >= 0.3 is 0 Å². The van der Waals surface area contributed by atoms with Crippen LogP contribution in [0.25, 0.3) is 0 Å². The Hall–Kier alpha value is -2.24. The summed E-state index contributed by atoms with van der Waals surface area (Å²) in [5.74, 6) is 0.794. The Morgan fingerprint density at radius 3 is 1.78 bits per heavy atom. The molecule has 0 aromatic heterocycles. The van der Waals surface area contributed by atoms with Gasteiger partial charge in [-0.2, -0.15) is 0 Å². The predicted octanol–water partition coefficient (Wildman–Crippen LogP) is 2.51. The van der Waals surface area contributed by atoms with Crippen LogP contribution in [0.3, 0.4) is 0 Å². The van der Waals surface area contributed by atoms with E-state index in [4.69, 9.17) is 25.7 Å². The van der Waals surface area contributed by atoms with Gasteiger partial charge in [-0.1, -0.05) is 12.1 Å². The molecule has 2 rings (SSSR count). The van der Waals surface area contributed by atoms with Crippen LogP contribution in [-0.4, -0.2) is 33.0 Å². The van der Waals surface area contributed by atoms with Crippen LogP contribution >= 0.6 is 0 Å². The summed E-state index contributed by atoms with van der Waals surface area (Å²) in [7, 11) is 0. The molecule has 124 valence electrons. The van der Waals surface area contributed by atoms with Crippen molar-refractivity contribution in [2.75, 3.05) is 44.5 Å². The fraction of sp³-hybridized carbons (Fsp3) is 0.333. The molecule has 0 unspecified atom stereocenters. The molecule has 0 bridgehead atoms. The van der Waals surface area contributed by atoms with E-state index in [9.17, 15) is 0 Å². The van der Waals surface area contributed by atoms with Gasteiger partial charge in [0.15, 0.2) is 0 Å². The number of anilines is 2. The Morgan fingerprint density at radius 1 is 0.609 bits per heavy atom. The van der Waals surface area contributed by atoms with Crippen molar-refractivity contribution in [3.8, 4) is 5.75 Å². The summed E-state index contributed by atoms with van der Waals surface area (Å²) in [6.45, 7) is 2.86. The van der Waals surface area contributed by atoms with Gasteiger partial charge in [-0.15, -0.1) is 0 Å². The van der Waals surface area contributed by atoms with Crippen molar-refractivity contribution in [3.05, 3.63) is 54.1 Å². The minimum atomic E-state index is 0.509. The van der Waals surface area contributed by atoms with Crippen LogP contribution in [0, 0.1) is 0 Å². The summed E-state index contributed by atoms with van der Waals surface area (Å²) in [6, 6.07) is 15.1. The molecule has 0 saturated heterocycles. The van der Waals surface area contributed by atoms with Gasteiger partial charge in [0, 0.05) is 11.4 Å². The standard InChI is InChI=1S/C18H24N2O3/c19-16-3-1-15(2-4-16)9-10-21-11-12-22-13-14-23-18-7-5-17(20)6-8-18/h1-8H,9-14,19-20H2. The highest BCUT2D eigenvalue weighted by Crippen LogP contribution is 2.12. The third-order valence-electron chi connectivity index (χ3n) is 3.26. The summed E-state index contributed by atoms with van der Waals surface area (Å²) >= 11 is 0. The highest BCUT2D eigenvalue weighted by molar-refractivity contribution is 5.41. The van der Waals surface area contributed by atoms with E-state index in [1.165, 1.54) is 5.56 Å². The third-order valence-corrected chi connectivity index (χ3v) is 3.26. The zero-order chi connectivity index (χ0) is 16.3. The highest BCUT2D eigenvalue weighted by atomic mass is 16.5. The number of nitrogens with two attached hydrogens (primary N) is 2. The van der Waals surface area contributed by atoms with E-state index in [0.717, 1.165) is 23.5 Å². The van der Waals surface area contributed by atoms with Gasteiger partial charge in [0.05, 0.1) is 26.4 Å². The number of ether oxygens (including phenoxy) is 3. The Kier molecular flexibility index (Phi) is 7.23. The van der Waals surface area contributed by atoms with Crippen molar-refractivity contribution < 1.29 is 14.2 Å². The Morgan fingerprint density at radius 2 is 1.13 bits per heavy atom. The van der Waals surface area contributed by atoms with Gasteiger partial charge in [0.25, 0.3) is 0 Å². The Labute approximate surface area is 137 Å². The van der Waals surface area contributed by atoms with Gasteiger partial charge in [-0.3, -0.25) is 0 Å². The summed E-state index contributed by atoms with van der Waals surface area (Å²) in [6.07, 6.45) is 0.876. The van der Waals surface area contributed by atoms with Gasteiger partial charge in [0.1, 0.15) is 12.4 Å². The van der Waals surface area contributed by atoms with Gasteiger partial charge in [0.2, 0.25) is 0 Å². The molecular formula is C18H24N2O3. The number of rotatable bonds is 10. The smallest absolute Gasteiger partial charge is 0.119 e. The number of hydrogen-bond acceptors (Lipinski definition) is 5. The Balaban J connectivity index is 1.43. The molecule has 2 aromatic carbocycles. The average molecular weight is 316 g/mol. The fourth-order valence-electron chi connectivity index (χ4n) is 1.98. The van der Waals surface area contributed by atoms with E-state index < -0.39 is 0 Å². The lowest BCUT2D eigenvalue weighted by atomic mass is 10.1. The molecule has 5 heteroatoms. The predicted molar refractivity (Wildman–Crippen MR) is 92.5 cm³/mol. The lowest BCUT2D eigenvalue weighted by Crippen LogP contribution is -2.11. The van der Waals surface area contributed by atoms with Crippen molar-refractivity contribution in [1.29, 1.82) is 0 Å². The minimum absolute atomic E-state index is 0.509. The first kappa shape index (κ1) is 17.1. The van der Waals surface area contributed by atoms with Crippen molar-refractivity contribution in [2.24, 2.45) is 0 Å². The van der Waals surface area contributed by atoms with Crippen LogP contribution < -0.4 is 16.2 Å². The lowest BCUT2D eigenvalue weighted by Gasteiger charge is -2.08. The summed E-state index contributed by atoms with van der Waals surface area (Å²) < 4.78 is 16.5. The van der Waals surface area contributed by atoms with Crippen molar-refractivity contribution in [1.82, 2.24) is 0 Å². The molecule has 0 aliphatic rings. The Bertz CT molecular complexity index is 504. The van der Waals surface area contributed by atoms with Crippen LogP contribution in [0.15, 0.2) is 48.5 Å². The first-order valence-electron chi connectivity index (χ1n) is 7.72. The second-order valence-corrected chi connectivity index (χ2v) is 5.13. The largest absolute Gasteiger partial charge is 0.491 e. The second-order valence-electron chi connectivity index (χ2n) is 5.13. The summed E-state index contributed by atoms with van der Waals surface area (Å²) in [5, 5.41) is 0. The maximum atomic E-state index is 5.64. The van der Waals surface area contributed by atoms with Crippen LogP contribution in [-0.2, 0) is 15.9 Å². The SMILES string of the molecule is Nc1ccc(CCOCCOCCOc2ccc(N)cc2)cc1. The number of hydrogen-bond donors (Lipinski definition) is 2. The highest BCUT2D eigenvalue weighted by Gasteiger charge is 1.96. The second kappa shape index (κ2) is 9.71. The van der Waals surface area contributed by atoms with Crippen LogP contribution in [0.1, 0.15) is 5.56 Å². The van der Waals surface area contributed by atoms with E-state index >= 15 is 0 Å². The third kappa shape index (κ3) is 7.04. The molecule has 0 spiro atoms. The van der Waals surface area contributed by atoms with Gasteiger partial charge < -0.3 is 25.7 Å².